The molecule has 2 rings (SSSR count). The molecular formula is C12H8Cl3N3. The van der Waals surface area contributed by atoms with Crippen LogP contribution in [-0.4, -0.2) is 11.2 Å². The average molecular weight is 301 g/mol. The van der Waals surface area contributed by atoms with Gasteiger partial charge in [0, 0.05) is 11.2 Å². The number of anilines is 1. The molecule has 0 spiro atoms. The topological polar surface area (TPSA) is 37.3 Å². The molecule has 0 aliphatic heterocycles. The number of hydrogen-bond acceptors (Lipinski definition) is 3. The van der Waals surface area contributed by atoms with Crippen molar-refractivity contribution in [2.45, 2.75) is 0 Å². The van der Waals surface area contributed by atoms with E-state index in [0.29, 0.717) is 20.8 Å². The highest BCUT2D eigenvalue weighted by Gasteiger charge is 2.06. The van der Waals surface area contributed by atoms with Gasteiger partial charge in [-0.3, -0.25) is 10.4 Å². The van der Waals surface area contributed by atoms with E-state index in [4.69, 9.17) is 34.8 Å². The fourth-order valence-electron chi connectivity index (χ4n) is 1.26. The summed E-state index contributed by atoms with van der Waals surface area (Å²) in [6, 6.07) is 8.71. The van der Waals surface area contributed by atoms with Crippen molar-refractivity contribution in [3.05, 3.63) is 57.3 Å². The van der Waals surface area contributed by atoms with Crippen LogP contribution in [-0.2, 0) is 0 Å². The molecule has 0 bridgehead atoms. The number of hydrogen-bond donors (Lipinski definition) is 1. The fraction of sp³-hybridized carbons (Fsp3) is 0. The molecule has 0 aliphatic rings. The third-order valence-electron chi connectivity index (χ3n) is 2.07. The largest absolute Gasteiger partial charge is 0.275 e. The van der Waals surface area contributed by atoms with Gasteiger partial charge < -0.3 is 0 Å². The minimum atomic E-state index is 0.408. The summed E-state index contributed by atoms with van der Waals surface area (Å²) in [6.45, 7) is 0. The normalized spacial score (nSPS) is 10.8. The molecule has 2 aromatic rings. The third-order valence-corrected chi connectivity index (χ3v) is 2.88. The van der Waals surface area contributed by atoms with Crippen LogP contribution in [0, 0.1) is 0 Å². The molecule has 18 heavy (non-hydrogen) atoms. The van der Waals surface area contributed by atoms with E-state index >= 15 is 0 Å². The Kier molecular flexibility index (Phi) is 4.42. The van der Waals surface area contributed by atoms with Gasteiger partial charge in [-0.2, -0.15) is 5.10 Å². The summed E-state index contributed by atoms with van der Waals surface area (Å²) >= 11 is 17.8. The summed E-state index contributed by atoms with van der Waals surface area (Å²) in [4.78, 5) is 4.09. The van der Waals surface area contributed by atoms with Gasteiger partial charge in [-0.05, 0) is 24.3 Å². The second-order valence-corrected chi connectivity index (χ2v) is 4.62. The van der Waals surface area contributed by atoms with Crippen LogP contribution in [0.25, 0.3) is 0 Å². The Balaban J connectivity index is 2.14. The predicted molar refractivity (Wildman–Crippen MR) is 76.9 cm³/mol. The maximum absolute atomic E-state index is 6.00. The second kappa shape index (κ2) is 6.05. The van der Waals surface area contributed by atoms with Gasteiger partial charge in [0.2, 0.25) is 0 Å². The Morgan fingerprint density at radius 1 is 1.11 bits per heavy atom. The van der Waals surface area contributed by atoms with Gasteiger partial charge in [0.1, 0.15) is 0 Å². The number of nitrogens with zero attached hydrogens (tertiary/aromatic N) is 2. The summed E-state index contributed by atoms with van der Waals surface area (Å²) in [6.07, 6.45) is 3.25. The van der Waals surface area contributed by atoms with Crippen LogP contribution in [0.5, 0.6) is 0 Å². The van der Waals surface area contributed by atoms with Crippen LogP contribution in [0.1, 0.15) is 5.69 Å². The van der Waals surface area contributed by atoms with Crippen LogP contribution >= 0.6 is 34.8 Å². The molecule has 6 heteroatoms. The molecule has 1 aromatic heterocycles. The molecule has 0 amide bonds. The van der Waals surface area contributed by atoms with E-state index in [1.165, 1.54) is 0 Å². The Hall–Kier alpha value is -1.29. The maximum Gasteiger partial charge on any atom is 0.0935 e. The fourth-order valence-corrected chi connectivity index (χ4v) is 2.17. The molecule has 0 atom stereocenters. The van der Waals surface area contributed by atoms with Crippen molar-refractivity contribution >= 4 is 46.7 Å². The zero-order chi connectivity index (χ0) is 13.0. The summed E-state index contributed by atoms with van der Waals surface area (Å²) in [7, 11) is 0. The SMILES string of the molecule is Clc1cc(Cl)c(NN=Cc2ccccn2)c(Cl)c1. The third kappa shape index (κ3) is 3.35. The molecule has 0 unspecified atom stereocenters. The number of rotatable bonds is 3. The van der Waals surface area contributed by atoms with Gasteiger partial charge in [-0.25, -0.2) is 0 Å². The van der Waals surface area contributed by atoms with Gasteiger partial charge in [0.05, 0.1) is 27.6 Å². The van der Waals surface area contributed by atoms with Crippen molar-refractivity contribution < 1.29 is 0 Å². The number of pyridine rings is 1. The molecule has 92 valence electrons. The van der Waals surface area contributed by atoms with Crippen molar-refractivity contribution in [1.29, 1.82) is 0 Å². The Morgan fingerprint density at radius 3 is 2.44 bits per heavy atom. The molecule has 0 saturated heterocycles. The minimum Gasteiger partial charge on any atom is -0.275 e. The van der Waals surface area contributed by atoms with Crippen molar-refractivity contribution in [2.24, 2.45) is 5.10 Å². The first-order chi connectivity index (χ1) is 8.66. The molecule has 3 nitrogen and oxygen atoms in total. The zero-order valence-corrected chi connectivity index (χ0v) is 11.3. The van der Waals surface area contributed by atoms with E-state index in [0.717, 1.165) is 5.69 Å². The van der Waals surface area contributed by atoms with Crippen LogP contribution in [0.15, 0.2) is 41.6 Å². The zero-order valence-electron chi connectivity index (χ0n) is 9.07. The quantitative estimate of drug-likeness (QED) is 0.670. The number of aromatic nitrogens is 1. The molecule has 1 aromatic carbocycles. The summed E-state index contributed by atoms with van der Waals surface area (Å²) < 4.78 is 0. The maximum atomic E-state index is 6.00. The lowest BCUT2D eigenvalue weighted by Crippen LogP contribution is -1.94. The molecule has 0 saturated carbocycles. The molecule has 0 radical (unpaired) electrons. The van der Waals surface area contributed by atoms with Gasteiger partial charge in [0.15, 0.2) is 0 Å². The minimum absolute atomic E-state index is 0.408. The monoisotopic (exact) mass is 299 g/mol. The summed E-state index contributed by atoms with van der Waals surface area (Å²) in [5, 5.41) is 5.31. The summed E-state index contributed by atoms with van der Waals surface area (Å²) in [5.41, 5.74) is 4.00. The summed E-state index contributed by atoms with van der Waals surface area (Å²) in [5.74, 6) is 0. The molecule has 1 heterocycles. The highest BCUT2D eigenvalue weighted by molar-refractivity contribution is 6.41. The van der Waals surface area contributed by atoms with E-state index in [-0.39, 0.29) is 0 Å². The smallest absolute Gasteiger partial charge is 0.0935 e. The highest BCUT2D eigenvalue weighted by atomic mass is 35.5. The Bertz CT molecular complexity index is 547. The van der Waals surface area contributed by atoms with Crippen molar-refractivity contribution in [2.75, 3.05) is 5.43 Å². The first kappa shape index (κ1) is 13.1. The predicted octanol–water partition coefficient (Wildman–Crippen LogP) is 4.49. The van der Waals surface area contributed by atoms with Crippen LogP contribution in [0.2, 0.25) is 15.1 Å². The van der Waals surface area contributed by atoms with E-state index in [1.54, 1.807) is 24.5 Å². The van der Waals surface area contributed by atoms with E-state index in [9.17, 15) is 0 Å². The number of benzene rings is 1. The first-order valence-electron chi connectivity index (χ1n) is 5.01. The molecule has 0 aliphatic carbocycles. The van der Waals surface area contributed by atoms with Crippen molar-refractivity contribution in [1.82, 2.24) is 4.98 Å². The first-order valence-corrected chi connectivity index (χ1v) is 6.15. The van der Waals surface area contributed by atoms with Crippen molar-refractivity contribution in [3.8, 4) is 0 Å². The van der Waals surface area contributed by atoms with Gasteiger partial charge in [-0.1, -0.05) is 40.9 Å². The number of halogens is 3. The lowest BCUT2D eigenvalue weighted by atomic mass is 10.3. The second-order valence-electron chi connectivity index (χ2n) is 3.37. The Morgan fingerprint density at radius 2 is 1.83 bits per heavy atom. The van der Waals surface area contributed by atoms with Crippen LogP contribution < -0.4 is 5.43 Å². The van der Waals surface area contributed by atoms with E-state index < -0.39 is 0 Å². The lowest BCUT2D eigenvalue weighted by Gasteiger charge is -2.06. The van der Waals surface area contributed by atoms with Crippen LogP contribution in [0.4, 0.5) is 5.69 Å². The van der Waals surface area contributed by atoms with Gasteiger partial charge in [-0.15, -0.1) is 0 Å². The lowest BCUT2D eigenvalue weighted by molar-refractivity contribution is 1.28. The van der Waals surface area contributed by atoms with E-state index in [1.807, 2.05) is 18.2 Å². The number of nitrogens with one attached hydrogen (secondary N) is 1. The standard InChI is InChI=1S/C12H8Cl3N3/c13-8-5-10(14)12(11(15)6-8)18-17-7-9-3-1-2-4-16-9/h1-7,18H. The van der Waals surface area contributed by atoms with Gasteiger partial charge in [0.25, 0.3) is 0 Å². The highest BCUT2D eigenvalue weighted by Crippen LogP contribution is 2.33. The molecular weight excluding hydrogens is 293 g/mol. The number of hydrazone groups is 1. The average Bonchev–Trinajstić information content (AvgIpc) is 2.34. The van der Waals surface area contributed by atoms with Crippen LogP contribution in [0.3, 0.4) is 0 Å². The Labute approximate surface area is 119 Å². The molecule has 0 fully saturated rings. The van der Waals surface area contributed by atoms with Crippen molar-refractivity contribution in [3.63, 3.8) is 0 Å². The van der Waals surface area contributed by atoms with Gasteiger partial charge >= 0.3 is 0 Å². The molecule has 1 N–H and O–H groups in total. The van der Waals surface area contributed by atoms with E-state index in [2.05, 4.69) is 15.5 Å².